The van der Waals surface area contributed by atoms with Gasteiger partial charge < -0.3 is 4.90 Å². The summed E-state index contributed by atoms with van der Waals surface area (Å²) in [4.78, 5) is 2.64. The maximum Gasteiger partial charge on any atom is 0.00420 e. The molecule has 1 saturated heterocycles. The molecule has 2 atom stereocenters. The van der Waals surface area contributed by atoms with Gasteiger partial charge in [0.1, 0.15) is 0 Å². The third kappa shape index (κ3) is 7.83. The Morgan fingerprint density at radius 3 is 2.32 bits per heavy atom. The van der Waals surface area contributed by atoms with Crippen LogP contribution in [0.1, 0.15) is 85.3 Å². The molecule has 4 rings (SSSR count). The number of likely N-dealkylation sites (tertiary alicyclic amines) is 1. The van der Waals surface area contributed by atoms with Gasteiger partial charge >= 0.3 is 97.8 Å². The first-order chi connectivity index (χ1) is 18.0. The van der Waals surface area contributed by atoms with Gasteiger partial charge in [-0.2, -0.15) is 0 Å². The standard InChI is InChI=1S/C23H32N.C10H12O.2ClH.Ru/c1-6-18-12-11-13-19(7-2)21(18)24-17-23(5,16-22(24,3)4)20-14-9-8-10-15-20;1-8(2)11-10-7-5-4-6-9(10)3;;;/h8-12,14-15,17,19H,6-7,13,16H2,1-5H3;3-8H,1-2H3;2*1H;/q-1;;;;+2/p-2/t19-,23?;;;;/m0..../s1. The van der Waals surface area contributed by atoms with Crippen LogP contribution in [0, 0.1) is 12.5 Å². The Bertz CT molecular complexity index is 1150. The van der Waals surface area contributed by atoms with Crippen molar-refractivity contribution in [1.29, 1.82) is 0 Å². The molecule has 0 aromatic heterocycles. The van der Waals surface area contributed by atoms with Gasteiger partial charge in [0.2, 0.25) is 0 Å². The molecule has 2 nitrogen and oxygen atoms in total. The number of benzene rings is 2. The van der Waals surface area contributed by atoms with Crippen molar-refractivity contribution < 1.29 is 18.3 Å². The third-order valence-electron chi connectivity index (χ3n) is 7.36. The van der Waals surface area contributed by atoms with Gasteiger partial charge in [0.05, 0.1) is 0 Å². The molecule has 1 unspecified atom stereocenters. The van der Waals surface area contributed by atoms with E-state index in [2.05, 4.69) is 88.5 Å². The van der Waals surface area contributed by atoms with Crippen LogP contribution in [0.4, 0.5) is 0 Å². The monoisotopic (exact) mass is 642 g/mol. The molecule has 0 N–H and O–H groups in total. The van der Waals surface area contributed by atoms with Crippen molar-refractivity contribution in [3.8, 4) is 5.75 Å². The van der Waals surface area contributed by atoms with Crippen LogP contribution in [0.25, 0.3) is 0 Å². The third-order valence-corrected chi connectivity index (χ3v) is 9.19. The Hall–Kier alpha value is -1.41. The average Bonchev–Trinajstić information content (AvgIpc) is 3.14. The molecule has 0 bridgehead atoms. The molecule has 0 radical (unpaired) electrons. The molecule has 2 aromatic rings. The first-order valence-corrected chi connectivity index (χ1v) is 19.2. The number of para-hydroxylation sites is 1. The van der Waals surface area contributed by atoms with E-state index in [0.717, 1.165) is 24.2 Å². The van der Waals surface area contributed by atoms with Gasteiger partial charge in [-0.1, -0.05) is 68.8 Å². The molecule has 0 saturated carbocycles. The minimum absolute atomic E-state index is 0.107. The van der Waals surface area contributed by atoms with Gasteiger partial charge in [0, 0.05) is 5.54 Å². The van der Waals surface area contributed by atoms with Crippen LogP contribution in [-0.2, 0) is 18.9 Å². The zero-order valence-corrected chi connectivity index (χ0v) is 27.2. The first-order valence-electron chi connectivity index (χ1n) is 13.7. The molecule has 1 heterocycles. The van der Waals surface area contributed by atoms with Crippen LogP contribution in [0.3, 0.4) is 0 Å². The smallest absolute Gasteiger partial charge is 0.00420 e. The van der Waals surface area contributed by atoms with Gasteiger partial charge in [0.25, 0.3) is 0 Å². The molecule has 0 amide bonds. The predicted molar refractivity (Wildman–Crippen MR) is 163 cm³/mol. The van der Waals surface area contributed by atoms with Gasteiger partial charge in [-0.15, -0.1) is 5.41 Å². The van der Waals surface area contributed by atoms with E-state index in [1.807, 2.05) is 42.7 Å². The number of nitrogens with zero attached hydrogens (tertiary/aromatic N) is 1. The summed E-state index contributed by atoms with van der Waals surface area (Å²) in [7, 11) is 11.6. The van der Waals surface area contributed by atoms with Crippen molar-refractivity contribution in [3.05, 3.63) is 95.7 Å². The summed E-state index contributed by atoms with van der Waals surface area (Å²) < 4.78 is 7.51. The minimum atomic E-state index is -1.77. The van der Waals surface area contributed by atoms with Crippen molar-refractivity contribution in [2.75, 3.05) is 0 Å². The fraction of sp³-hybridized carbons (Fsp3) is 0.455. The van der Waals surface area contributed by atoms with E-state index in [9.17, 15) is 0 Å². The molecule has 1 aliphatic carbocycles. The summed E-state index contributed by atoms with van der Waals surface area (Å²) in [6, 6.07) is 18.8. The summed E-state index contributed by atoms with van der Waals surface area (Å²) in [5.74, 6) is 1.50. The Balaban J connectivity index is 0.000000244. The van der Waals surface area contributed by atoms with Crippen molar-refractivity contribution in [3.63, 3.8) is 0 Å². The average molecular weight is 643 g/mol. The van der Waals surface area contributed by atoms with Crippen LogP contribution in [0.5, 0.6) is 5.75 Å². The molecule has 1 fully saturated rings. The quantitative estimate of drug-likeness (QED) is 0.220. The number of hydrogen-bond acceptors (Lipinski definition) is 2. The Labute approximate surface area is 244 Å². The van der Waals surface area contributed by atoms with E-state index >= 15 is 0 Å². The second kappa shape index (κ2) is 13.8. The summed E-state index contributed by atoms with van der Waals surface area (Å²) in [6.07, 6.45) is 9.56. The molecule has 38 heavy (non-hydrogen) atoms. The van der Waals surface area contributed by atoms with Crippen LogP contribution in [0.15, 0.2) is 78.0 Å². The van der Waals surface area contributed by atoms with E-state index in [1.54, 1.807) is 5.70 Å². The number of halogens is 2. The normalized spacial score (nSPS) is 22.7. The molecule has 210 valence electrons. The van der Waals surface area contributed by atoms with Crippen molar-refractivity contribution in [2.45, 2.75) is 91.2 Å². The molecule has 0 spiro atoms. The fourth-order valence-corrected chi connectivity index (χ4v) is 7.54. The number of hydrogen-bond donors (Lipinski definition) is 0. The molecular weight excluding hydrogens is 598 g/mol. The molecule has 2 aliphatic rings. The number of rotatable bonds is 7. The molecule has 2 aromatic carbocycles. The zero-order chi connectivity index (χ0) is 27.9. The van der Waals surface area contributed by atoms with E-state index in [-0.39, 0.29) is 17.1 Å². The second-order valence-electron chi connectivity index (χ2n) is 11.3. The van der Waals surface area contributed by atoms with Crippen molar-refractivity contribution in [2.24, 2.45) is 5.92 Å². The van der Waals surface area contributed by atoms with Crippen molar-refractivity contribution >= 4 is 24.0 Å². The zero-order valence-electron chi connectivity index (χ0n) is 24.0. The minimum Gasteiger partial charge on any atom is -0.520 e. The summed E-state index contributed by atoms with van der Waals surface area (Å²) in [5, 5.41) is 0. The summed E-state index contributed by atoms with van der Waals surface area (Å²) >= 11 is -1.77. The predicted octanol–water partition coefficient (Wildman–Crippen LogP) is 9.79. The molecule has 5 heteroatoms. The van der Waals surface area contributed by atoms with Gasteiger partial charge in [0.15, 0.2) is 0 Å². The van der Waals surface area contributed by atoms with Gasteiger partial charge in [-0.25, -0.2) is 6.54 Å². The van der Waals surface area contributed by atoms with Crippen LogP contribution >= 0.6 is 19.4 Å². The van der Waals surface area contributed by atoms with Gasteiger partial charge in [-0.05, 0) is 56.7 Å². The Morgan fingerprint density at radius 2 is 1.71 bits per heavy atom. The Morgan fingerprint density at radius 1 is 1.05 bits per heavy atom. The SMILES string of the molecule is CC(C)Oc1ccccc1[CH]=[Ru]([Cl])[Cl].CCC1=C(N2[CH-]C(C)(c3ccccc3)CC2(C)C)[C@@H](CC)CC=C1. The van der Waals surface area contributed by atoms with E-state index < -0.39 is 13.5 Å². The Kier molecular flexibility index (Phi) is 11.3. The summed E-state index contributed by atoms with van der Waals surface area (Å²) in [6.45, 7) is 18.3. The topological polar surface area (TPSA) is 12.5 Å². The van der Waals surface area contributed by atoms with Crippen LogP contribution in [-0.4, -0.2) is 21.2 Å². The van der Waals surface area contributed by atoms with E-state index in [0.29, 0.717) is 5.92 Å². The summed E-state index contributed by atoms with van der Waals surface area (Å²) in [5.41, 5.74) is 5.78. The molecular formula is C33H44Cl2NORu-. The van der Waals surface area contributed by atoms with E-state index in [1.165, 1.54) is 24.0 Å². The van der Waals surface area contributed by atoms with Gasteiger partial charge in [-0.3, -0.25) is 0 Å². The maximum absolute atomic E-state index is 5.82. The maximum atomic E-state index is 5.82. The second-order valence-corrected chi connectivity index (χ2v) is 17.0. The molecule has 1 aliphatic heterocycles. The number of allylic oxidation sites excluding steroid dienone is 4. The van der Waals surface area contributed by atoms with Crippen LogP contribution in [0.2, 0.25) is 0 Å². The largest absolute Gasteiger partial charge is 0.520 e. The number of ether oxygens (including phenoxy) is 1. The van der Waals surface area contributed by atoms with E-state index in [4.69, 9.17) is 24.1 Å². The van der Waals surface area contributed by atoms with Crippen LogP contribution < -0.4 is 4.74 Å². The first kappa shape index (κ1) is 31.1. The van der Waals surface area contributed by atoms with Crippen molar-refractivity contribution in [1.82, 2.24) is 4.90 Å². The fourth-order valence-electron chi connectivity index (χ4n) is 5.73.